The van der Waals surface area contributed by atoms with Crippen LogP contribution >= 0.6 is 11.3 Å². The van der Waals surface area contributed by atoms with Crippen molar-refractivity contribution in [3.63, 3.8) is 0 Å². The van der Waals surface area contributed by atoms with Crippen molar-refractivity contribution < 1.29 is 9.90 Å². The molecule has 0 saturated carbocycles. The minimum absolute atomic E-state index is 0.679. The quantitative estimate of drug-likeness (QED) is 0.328. The monoisotopic (exact) mass is 423 g/mol. The second-order valence-electron chi connectivity index (χ2n) is 6.93. The number of aliphatic hydroxyl groups excluding tert-OH is 1. The topological polar surface area (TPSA) is 65.8 Å². The first-order valence-corrected chi connectivity index (χ1v) is 10.7. The van der Waals surface area contributed by atoms with Crippen LogP contribution < -0.4 is 0 Å². The molecule has 0 radical (unpaired) electrons. The van der Waals surface area contributed by atoms with Gasteiger partial charge < -0.3 is 10.0 Å². The molecular formula is C24H29N3O2S. The van der Waals surface area contributed by atoms with Crippen molar-refractivity contribution in [2.45, 2.75) is 27.2 Å². The molecule has 0 unspecified atom stereocenters. The van der Waals surface area contributed by atoms with E-state index in [0.29, 0.717) is 5.56 Å². The van der Waals surface area contributed by atoms with Crippen molar-refractivity contribution >= 4 is 29.6 Å². The van der Waals surface area contributed by atoms with E-state index >= 15 is 0 Å². The summed E-state index contributed by atoms with van der Waals surface area (Å²) in [4.78, 5) is 22.3. The van der Waals surface area contributed by atoms with Gasteiger partial charge in [0.25, 0.3) is 0 Å². The summed E-state index contributed by atoms with van der Waals surface area (Å²) in [5.74, 6) is 0. The smallest absolute Gasteiger partial charge is 0.150 e. The molecular weight excluding hydrogens is 394 g/mol. The number of carbonyl (C=O) groups is 1. The Morgan fingerprint density at radius 2 is 1.83 bits per heavy atom. The van der Waals surface area contributed by atoms with E-state index in [4.69, 9.17) is 10.1 Å². The van der Waals surface area contributed by atoms with Crippen LogP contribution in [-0.2, 0) is 6.42 Å². The SMILES string of the molecule is CCN(C)C=Nc1cc(C)c(Cc2nc(-c3ccc(C=O)cc3)cs2)cc1C.CO. The summed E-state index contributed by atoms with van der Waals surface area (Å²) in [6, 6.07) is 11.9. The second kappa shape index (κ2) is 11.4. The molecule has 1 heterocycles. The maximum atomic E-state index is 10.8. The molecule has 6 heteroatoms. The van der Waals surface area contributed by atoms with Crippen LogP contribution in [0.25, 0.3) is 11.3 Å². The molecule has 5 nitrogen and oxygen atoms in total. The Bertz CT molecular complexity index is 994. The summed E-state index contributed by atoms with van der Waals surface area (Å²) >= 11 is 1.67. The molecule has 158 valence electrons. The van der Waals surface area contributed by atoms with E-state index in [9.17, 15) is 4.79 Å². The van der Waals surface area contributed by atoms with Crippen molar-refractivity contribution in [2.75, 3.05) is 20.7 Å². The lowest BCUT2D eigenvalue weighted by Gasteiger charge is -2.11. The van der Waals surface area contributed by atoms with Crippen LogP contribution in [-0.4, -0.2) is 48.3 Å². The Morgan fingerprint density at radius 1 is 1.13 bits per heavy atom. The number of aryl methyl sites for hydroxylation is 2. The summed E-state index contributed by atoms with van der Waals surface area (Å²) in [6.07, 6.45) is 3.54. The molecule has 0 atom stereocenters. The first-order chi connectivity index (χ1) is 14.5. The maximum Gasteiger partial charge on any atom is 0.150 e. The van der Waals surface area contributed by atoms with E-state index < -0.39 is 0 Å². The molecule has 0 spiro atoms. The third kappa shape index (κ3) is 6.08. The Labute approximate surface area is 182 Å². The lowest BCUT2D eigenvalue weighted by Crippen LogP contribution is -2.14. The van der Waals surface area contributed by atoms with Gasteiger partial charge in [0, 0.05) is 43.6 Å². The van der Waals surface area contributed by atoms with E-state index in [1.165, 1.54) is 16.7 Å². The molecule has 0 saturated heterocycles. The van der Waals surface area contributed by atoms with Crippen molar-refractivity contribution in [2.24, 2.45) is 4.99 Å². The fraction of sp³-hybridized carbons (Fsp3) is 0.292. The summed E-state index contributed by atoms with van der Waals surface area (Å²) in [7, 11) is 3.02. The Kier molecular flexibility index (Phi) is 8.89. The third-order valence-corrected chi connectivity index (χ3v) is 5.63. The molecule has 1 N–H and O–H groups in total. The van der Waals surface area contributed by atoms with Crippen LogP contribution in [0.15, 0.2) is 46.8 Å². The minimum atomic E-state index is 0.679. The lowest BCUT2D eigenvalue weighted by atomic mass is 10.0. The predicted molar refractivity (Wildman–Crippen MR) is 126 cm³/mol. The number of aldehydes is 1. The van der Waals surface area contributed by atoms with Gasteiger partial charge in [-0.2, -0.15) is 0 Å². The highest BCUT2D eigenvalue weighted by atomic mass is 32.1. The average Bonchev–Trinajstić information content (AvgIpc) is 3.24. The van der Waals surface area contributed by atoms with E-state index in [1.54, 1.807) is 11.3 Å². The molecule has 3 aromatic rings. The normalized spacial score (nSPS) is 10.6. The third-order valence-electron chi connectivity index (χ3n) is 4.78. The second-order valence-corrected chi connectivity index (χ2v) is 7.87. The van der Waals surface area contributed by atoms with Crippen molar-refractivity contribution in [3.05, 3.63) is 69.0 Å². The predicted octanol–water partition coefficient (Wildman–Crippen LogP) is 5.05. The van der Waals surface area contributed by atoms with Gasteiger partial charge in [-0.25, -0.2) is 9.98 Å². The fourth-order valence-electron chi connectivity index (χ4n) is 2.85. The molecule has 0 aliphatic heterocycles. The van der Waals surface area contributed by atoms with Gasteiger partial charge in [0.2, 0.25) is 0 Å². The molecule has 0 aliphatic rings. The first-order valence-electron chi connectivity index (χ1n) is 9.79. The van der Waals surface area contributed by atoms with Crippen LogP contribution in [0.3, 0.4) is 0 Å². The molecule has 0 fully saturated rings. The van der Waals surface area contributed by atoms with Gasteiger partial charge in [0.1, 0.15) is 6.29 Å². The van der Waals surface area contributed by atoms with Crippen molar-refractivity contribution in [1.82, 2.24) is 9.88 Å². The van der Waals surface area contributed by atoms with Gasteiger partial charge in [-0.3, -0.25) is 4.79 Å². The maximum absolute atomic E-state index is 10.8. The van der Waals surface area contributed by atoms with E-state index in [-0.39, 0.29) is 0 Å². The van der Waals surface area contributed by atoms with Crippen LogP contribution in [0.1, 0.15) is 39.0 Å². The lowest BCUT2D eigenvalue weighted by molar-refractivity contribution is 0.112. The van der Waals surface area contributed by atoms with Crippen LogP contribution in [0, 0.1) is 13.8 Å². The van der Waals surface area contributed by atoms with Crippen LogP contribution in [0.5, 0.6) is 0 Å². The Morgan fingerprint density at radius 3 is 2.47 bits per heavy atom. The highest BCUT2D eigenvalue weighted by Crippen LogP contribution is 2.28. The van der Waals surface area contributed by atoms with Gasteiger partial charge >= 0.3 is 0 Å². The zero-order chi connectivity index (χ0) is 22.1. The van der Waals surface area contributed by atoms with Gasteiger partial charge in [0.15, 0.2) is 0 Å². The zero-order valence-electron chi connectivity index (χ0n) is 18.2. The number of nitrogens with zero attached hydrogens (tertiary/aromatic N) is 3. The van der Waals surface area contributed by atoms with Gasteiger partial charge in [-0.1, -0.05) is 30.3 Å². The van der Waals surface area contributed by atoms with E-state index in [1.807, 2.05) is 37.7 Å². The molecule has 2 aromatic carbocycles. The average molecular weight is 424 g/mol. The first kappa shape index (κ1) is 23.4. The highest BCUT2D eigenvalue weighted by molar-refractivity contribution is 7.10. The van der Waals surface area contributed by atoms with Gasteiger partial charge in [0.05, 0.1) is 22.7 Å². The molecule has 0 aliphatic carbocycles. The number of thiazole rings is 1. The standard InChI is InChI=1S/C23H25N3OS.CH4O/c1-5-26(4)15-24-21-11-16(2)20(10-17(21)3)12-23-25-22(14-28-23)19-8-6-18(13-27)7-9-19;1-2/h6-11,13-15H,5,12H2,1-4H3;2H,1H3. The number of rotatable bonds is 7. The number of aromatic nitrogens is 1. The summed E-state index contributed by atoms with van der Waals surface area (Å²) in [5.41, 5.74) is 7.35. The number of carbonyl (C=O) groups excluding carboxylic acids is 1. The molecule has 30 heavy (non-hydrogen) atoms. The Balaban J connectivity index is 0.00000155. The largest absolute Gasteiger partial charge is 0.400 e. The number of aliphatic imine (C=N–C) groups is 1. The zero-order valence-corrected chi connectivity index (χ0v) is 19.0. The van der Waals surface area contributed by atoms with Gasteiger partial charge in [-0.15, -0.1) is 11.3 Å². The fourth-order valence-corrected chi connectivity index (χ4v) is 3.68. The molecule has 0 amide bonds. The number of hydrogen-bond donors (Lipinski definition) is 1. The van der Waals surface area contributed by atoms with Crippen molar-refractivity contribution in [3.8, 4) is 11.3 Å². The number of aliphatic hydroxyl groups is 1. The van der Waals surface area contributed by atoms with Gasteiger partial charge in [-0.05, 0) is 43.5 Å². The summed E-state index contributed by atoms with van der Waals surface area (Å²) < 4.78 is 0. The highest BCUT2D eigenvalue weighted by Gasteiger charge is 2.09. The number of benzene rings is 2. The minimum Gasteiger partial charge on any atom is -0.400 e. The summed E-state index contributed by atoms with van der Waals surface area (Å²) in [5, 5.41) is 10.2. The Hall–Kier alpha value is -2.83. The molecule has 3 rings (SSSR count). The van der Waals surface area contributed by atoms with Crippen molar-refractivity contribution in [1.29, 1.82) is 0 Å². The number of hydrogen-bond acceptors (Lipinski definition) is 5. The van der Waals surface area contributed by atoms with E-state index in [0.717, 1.165) is 48.3 Å². The van der Waals surface area contributed by atoms with E-state index in [2.05, 4.69) is 48.2 Å². The van der Waals surface area contributed by atoms with Crippen LogP contribution in [0.2, 0.25) is 0 Å². The van der Waals surface area contributed by atoms with Crippen LogP contribution in [0.4, 0.5) is 5.69 Å². The molecule has 1 aromatic heterocycles. The summed E-state index contributed by atoms with van der Waals surface area (Å²) in [6.45, 7) is 7.27. The molecule has 0 bridgehead atoms.